The third-order valence-electron chi connectivity index (χ3n) is 1.73. The van der Waals surface area contributed by atoms with Gasteiger partial charge in [-0.15, -0.1) is 0 Å². The van der Waals surface area contributed by atoms with Gasteiger partial charge < -0.3 is 9.64 Å². The summed E-state index contributed by atoms with van der Waals surface area (Å²) >= 11 is 0. The van der Waals surface area contributed by atoms with E-state index in [0.717, 1.165) is 0 Å². The van der Waals surface area contributed by atoms with E-state index >= 15 is 0 Å². The van der Waals surface area contributed by atoms with Crippen molar-refractivity contribution in [3.8, 4) is 11.8 Å². The van der Waals surface area contributed by atoms with Crippen LogP contribution in [-0.4, -0.2) is 37.1 Å². The van der Waals surface area contributed by atoms with Crippen molar-refractivity contribution in [1.29, 1.82) is 0 Å². The second kappa shape index (κ2) is 5.71. The third kappa shape index (κ3) is 3.58. The second-order valence-electron chi connectivity index (χ2n) is 3.22. The molecule has 1 heterocycles. The van der Waals surface area contributed by atoms with E-state index in [2.05, 4.69) is 26.5 Å². The summed E-state index contributed by atoms with van der Waals surface area (Å²) in [5.74, 6) is 5.74. The van der Waals surface area contributed by atoms with E-state index < -0.39 is 0 Å². The molecule has 0 spiro atoms. The summed E-state index contributed by atoms with van der Waals surface area (Å²) in [6.45, 7) is 0. The molecule has 0 bridgehead atoms. The Balaban J connectivity index is 2.65. The molecule has 0 aliphatic heterocycles. The Labute approximate surface area is 94.5 Å². The molecule has 0 aliphatic carbocycles. The van der Waals surface area contributed by atoms with Gasteiger partial charge in [-0.1, -0.05) is 11.8 Å². The first-order valence-corrected chi connectivity index (χ1v) is 4.68. The van der Waals surface area contributed by atoms with E-state index in [9.17, 15) is 4.79 Å². The van der Waals surface area contributed by atoms with Crippen LogP contribution in [0.5, 0.6) is 0 Å². The minimum atomic E-state index is -0.349. The van der Waals surface area contributed by atoms with E-state index in [-0.39, 0.29) is 12.4 Å². The molecule has 84 valence electrons. The first-order valence-electron chi connectivity index (χ1n) is 4.68. The predicted molar refractivity (Wildman–Crippen MR) is 59.9 cm³/mol. The van der Waals surface area contributed by atoms with Crippen LogP contribution in [0.3, 0.4) is 0 Å². The molecule has 1 rings (SSSR count). The number of anilines is 1. The Morgan fingerprint density at radius 1 is 1.44 bits per heavy atom. The number of rotatable bonds is 2. The minimum Gasteiger partial charge on any atom is -0.468 e. The van der Waals surface area contributed by atoms with Crippen molar-refractivity contribution >= 4 is 11.9 Å². The first-order chi connectivity index (χ1) is 7.63. The molecule has 0 amide bonds. The summed E-state index contributed by atoms with van der Waals surface area (Å²) in [6, 6.07) is 0. The summed E-state index contributed by atoms with van der Waals surface area (Å²) in [4.78, 5) is 20.8. The van der Waals surface area contributed by atoms with Crippen LogP contribution in [0.25, 0.3) is 0 Å². The molecule has 5 heteroatoms. The molecule has 0 N–H and O–H groups in total. The molecule has 0 aliphatic rings. The van der Waals surface area contributed by atoms with Crippen LogP contribution in [0.2, 0.25) is 0 Å². The molecule has 0 unspecified atom stereocenters. The summed E-state index contributed by atoms with van der Waals surface area (Å²) in [5.41, 5.74) is 0.675. The van der Waals surface area contributed by atoms with Gasteiger partial charge in [0.1, 0.15) is 6.42 Å². The smallest absolute Gasteiger partial charge is 0.317 e. The molecule has 0 radical (unpaired) electrons. The van der Waals surface area contributed by atoms with Gasteiger partial charge in [-0.3, -0.25) is 4.79 Å². The predicted octanol–water partition coefficient (Wildman–Crippen LogP) is 0.457. The van der Waals surface area contributed by atoms with Gasteiger partial charge in [0.2, 0.25) is 5.95 Å². The molecule has 16 heavy (non-hydrogen) atoms. The van der Waals surface area contributed by atoms with E-state index in [4.69, 9.17) is 0 Å². The van der Waals surface area contributed by atoms with Crippen molar-refractivity contribution < 1.29 is 9.53 Å². The maximum atomic E-state index is 10.8. The molecular weight excluding hydrogens is 206 g/mol. The van der Waals surface area contributed by atoms with Crippen molar-refractivity contribution in [2.45, 2.75) is 6.42 Å². The van der Waals surface area contributed by atoms with E-state index in [0.29, 0.717) is 11.5 Å². The number of nitrogens with zero attached hydrogens (tertiary/aromatic N) is 3. The Morgan fingerprint density at radius 3 is 2.56 bits per heavy atom. The normalized spacial score (nSPS) is 8.94. The lowest BCUT2D eigenvalue weighted by atomic mass is 10.3. The first kappa shape index (κ1) is 12.0. The van der Waals surface area contributed by atoms with E-state index in [1.165, 1.54) is 7.11 Å². The summed E-state index contributed by atoms with van der Waals surface area (Å²) in [6.07, 6.45) is 3.31. The van der Waals surface area contributed by atoms with Gasteiger partial charge in [-0.25, -0.2) is 9.97 Å². The van der Waals surface area contributed by atoms with Crippen molar-refractivity contribution in [3.63, 3.8) is 0 Å². The summed E-state index contributed by atoms with van der Waals surface area (Å²) in [5, 5.41) is 0. The maximum Gasteiger partial charge on any atom is 0.317 e. The van der Waals surface area contributed by atoms with Gasteiger partial charge >= 0.3 is 5.97 Å². The lowest BCUT2D eigenvalue weighted by Crippen LogP contribution is -2.12. The monoisotopic (exact) mass is 219 g/mol. The van der Waals surface area contributed by atoms with Crippen molar-refractivity contribution in [2.24, 2.45) is 0 Å². The highest BCUT2D eigenvalue weighted by atomic mass is 16.5. The number of hydrogen-bond acceptors (Lipinski definition) is 5. The molecule has 0 atom stereocenters. The van der Waals surface area contributed by atoms with E-state index in [1.54, 1.807) is 17.3 Å². The second-order valence-corrected chi connectivity index (χ2v) is 3.22. The zero-order valence-electron chi connectivity index (χ0n) is 9.52. The Hall–Kier alpha value is -2.09. The van der Waals surface area contributed by atoms with Crippen LogP contribution < -0.4 is 4.90 Å². The molecule has 1 aromatic rings. The fourth-order valence-electron chi connectivity index (χ4n) is 0.907. The number of ether oxygens (including phenoxy) is 1. The zero-order valence-corrected chi connectivity index (χ0v) is 9.52. The Bertz CT molecular complexity index is 415. The highest BCUT2D eigenvalue weighted by Crippen LogP contribution is 2.01. The van der Waals surface area contributed by atoms with Gasteiger partial charge in [0.05, 0.1) is 12.7 Å². The molecular formula is C11H13N3O2. The lowest BCUT2D eigenvalue weighted by molar-refractivity contribution is -0.139. The molecule has 0 saturated heterocycles. The number of hydrogen-bond donors (Lipinski definition) is 0. The lowest BCUT2D eigenvalue weighted by Gasteiger charge is -2.07. The van der Waals surface area contributed by atoms with Gasteiger partial charge in [0, 0.05) is 26.5 Å². The maximum absolute atomic E-state index is 10.8. The number of methoxy groups -OCH3 is 1. The average molecular weight is 219 g/mol. The van der Waals surface area contributed by atoms with Crippen LogP contribution in [0.4, 0.5) is 5.95 Å². The van der Waals surface area contributed by atoms with E-state index in [1.807, 2.05) is 14.1 Å². The topological polar surface area (TPSA) is 55.3 Å². The quantitative estimate of drug-likeness (QED) is 0.534. The summed E-state index contributed by atoms with van der Waals surface area (Å²) in [7, 11) is 5.05. The molecule has 0 saturated carbocycles. The SMILES string of the molecule is COC(=O)CC#Cc1cnc(N(C)C)nc1. The highest BCUT2D eigenvalue weighted by Gasteiger charge is 1.97. The Morgan fingerprint density at radius 2 is 2.06 bits per heavy atom. The fraction of sp³-hybridized carbons (Fsp3) is 0.364. The van der Waals surface area contributed by atoms with Gasteiger partial charge in [-0.2, -0.15) is 0 Å². The fourth-order valence-corrected chi connectivity index (χ4v) is 0.907. The van der Waals surface area contributed by atoms with Gasteiger partial charge in [0.15, 0.2) is 0 Å². The van der Waals surface area contributed by atoms with Crippen LogP contribution in [-0.2, 0) is 9.53 Å². The molecule has 0 aromatic carbocycles. The van der Waals surface area contributed by atoms with Crippen LogP contribution in [0, 0.1) is 11.8 Å². The minimum absolute atomic E-state index is 0.0753. The van der Waals surface area contributed by atoms with Crippen LogP contribution >= 0.6 is 0 Å². The largest absolute Gasteiger partial charge is 0.468 e. The van der Waals surface area contributed by atoms with Crippen molar-refractivity contribution in [2.75, 3.05) is 26.1 Å². The number of esters is 1. The van der Waals surface area contributed by atoms with Crippen LogP contribution in [0.15, 0.2) is 12.4 Å². The number of carbonyl (C=O) groups is 1. The number of aromatic nitrogens is 2. The van der Waals surface area contributed by atoms with Crippen molar-refractivity contribution in [1.82, 2.24) is 9.97 Å². The van der Waals surface area contributed by atoms with Gasteiger partial charge in [-0.05, 0) is 0 Å². The summed E-state index contributed by atoms with van der Waals surface area (Å²) < 4.78 is 4.46. The van der Waals surface area contributed by atoms with Crippen molar-refractivity contribution in [3.05, 3.63) is 18.0 Å². The molecule has 0 fully saturated rings. The van der Waals surface area contributed by atoms with Gasteiger partial charge in [0.25, 0.3) is 0 Å². The van der Waals surface area contributed by atoms with Crippen LogP contribution in [0.1, 0.15) is 12.0 Å². The highest BCUT2D eigenvalue weighted by molar-refractivity contribution is 5.72. The third-order valence-corrected chi connectivity index (χ3v) is 1.73. The zero-order chi connectivity index (χ0) is 12.0. The molecule has 1 aromatic heterocycles. The number of carbonyl (C=O) groups excluding carboxylic acids is 1. The Kier molecular flexibility index (Phi) is 4.28. The standard InChI is InChI=1S/C11H13N3O2/c1-14(2)11-12-7-9(8-13-11)5-4-6-10(15)16-3/h7-8H,6H2,1-3H3. The molecule has 5 nitrogen and oxygen atoms in total. The average Bonchev–Trinajstić information content (AvgIpc) is 2.29.